The van der Waals surface area contributed by atoms with Crippen molar-refractivity contribution < 1.29 is 17.3 Å². The maximum atomic E-state index is 14.0. The zero-order valence-corrected chi connectivity index (χ0v) is 18.7. The van der Waals surface area contributed by atoms with Gasteiger partial charge in [-0.1, -0.05) is 17.3 Å². The maximum absolute atomic E-state index is 14.0. The lowest BCUT2D eigenvalue weighted by Gasteiger charge is -2.31. The van der Waals surface area contributed by atoms with E-state index in [0.717, 1.165) is 12.8 Å². The van der Waals surface area contributed by atoms with Gasteiger partial charge in [0.2, 0.25) is 21.7 Å². The molecule has 2 aromatic heterocycles. The molecule has 1 aromatic carbocycles. The SMILES string of the molecule is CCn1nc(C)c(S(=O)(=O)N2CCCC(Cc3nc(-c4ccccc4F)no3)C2)c1C. The van der Waals surface area contributed by atoms with Crippen LogP contribution in [-0.4, -0.2) is 45.7 Å². The van der Waals surface area contributed by atoms with Crippen molar-refractivity contribution in [1.29, 1.82) is 0 Å². The first-order chi connectivity index (χ1) is 14.8. The first-order valence-corrected chi connectivity index (χ1v) is 11.9. The second-order valence-electron chi connectivity index (χ2n) is 7.88. The number of piperidine rings is 1. The summed E-state index contributed by atoms with van der Waals surface area (Å²) >= 11 is 0. The average Bonchev–Trinajstić information content (AvgIpc) is 3.32. The molecule has 1 fully saturated rings. The fourth-order valence-corrected chi connectivity index (χ4v) is 6.17. The Morgan fingerprint density at radius 3 is 2.74 bits per heavy atom. The van der Waals surface area contributed by atoms with Gasteiger partial charge in [0.25, 0.3) is 0 Å². The number of rotatable bonds is 6. The third-order valence-corrected chi connectivity index (χ3v) is 7.86. The quantitative estimate of drug-likeness (QED) is 0.575. The van der Waals surface area contributed by atoms with Gasteiger partial charge in [0.05, 0.1) is 17.0 Å². The third kappa shape index (κ3) is 4.14. The van der Waals surface area contributed by atoms with Crippen LogP contribution in [0.1, 0.15) is 37.0 Å². The van der Waals surface area contributed by atoms with E-state index in [4.69, 9.17) is 4.52 Å². The summed E-state index contributed by atoms with van der Waals surface area (Å²) in [5.41, 5.74) is 1.46. The highest BCUT2D eigenvalue weighted by atomic mass is 32.2. The molecule has 1 unspecified atom stereocenters. The Labute approximate surface area is 181 Å². The molecule has 1 atom stereocenters. The fraction of sp³-hybridized carbons (Fsp3) is 0.476. The molecular formula is C21H26FN5O3S. The van der Waals surface area contributed by atoms with Gasteiger partial charge in [-0.15, -0.1) is 0 Å². The van der Waals surface area contributed by atoms with Gasteiger partial charge < -0.3 is 4.52 Å². The van der Waals surface area contributed by atoms with Crippen molar-refractivity contribution in [2.24, 2.45) is 5.92 Å². The Morgan fingerprint density at radius 1 is 1.26 bits per heavy atom. The van der Waals surface area contributed by atoms with Crippen molar-refractivity contribution in [3.8, 4) is 11.4 Å². The monoisotopic (exact) mass is 447 g/mol. The molecule has 0 N–H and O–H groups in total. The number of benzene rings is 1. The van der Waals surface area contributed by atoms with Crippen molar-refractivity contribution in [2.75, 3.05) is 13.1 Å². The minimum atomic E-state index is -3.65. The van der Waals surface area contributed by atoms with E-state index in [-0.39, 0.29) is 17.3 Å². The predicted molar refractivity (Wildman–Crippen MR) is 112 cm³/mol. The first kappa shape index (κ1) is 21.6. The highest BCUT2D eigenvalue weighted by molar-refractivity contribution is 7.89. The Balaban J connectivity index is 1.51. The number of sulfonamides is 1. The van der Waals surface area contributed by atoms with Crippen LogP contribution < -0.4 is 0 Å². The number of hydrogen-bond donors (Lipinski definition) is 0. The molecule has 1 saturated heterocycles. The van der Waals surface area contributed by atoms with Crippen LogP contribution in [0, 0.1) is 25.6 Å². The fourth-order valence-electron chi connectivity index (χ4n) is 4.24. The summed E-state index contributed by atoms with van der Waals surface area (Å²) in [6.45, 7) is 6.92. The summed E-state index contributed by atoms with van der Waals surface area (Å²) in [5.74, 6) is 0.211. The van der Waals surface area contributed by atoms with Gasteiger partial charge in [-0.3, -0.25) is 4.68 Å². The van der Waals surface area contributed by atoms with Crippen molar-refractivity contribution in [3.63, 3.8) is 0 Å². The molecule has 4 rings (SSSR count). The van der Waals surface area contributed by atoms with E-state index in [1.165, 1.54) is 10.4 Å². The molecule has 1 aliphatic rings. The number of aryl methyl sites for hydroxylation is 2. The topological polar surface area (TPSA) is 94.1 Å². The number of hydrogen-bond acceptors (Lipinski definition) is 6. The Hall–Kier alpha value is -2.59. The summed E-state index contributed by atoms with van der Waals surface area (Å²) in [4.78, 5) is 4.62. The van der Waals surface area contributed by atoms with Gasteiger partial charge in [-0.05, 0) is 51.7 Å². The zero-order chi connectivity index (χ0) is 22.2. The minimum Gasteiger partial charge on any atom is -0.339 e. The van der Waals surface area contributed by atoms with Crippen LogP contribution in [0.15, 0.2) is 33.7 Å². The molecule has 0 amide bonds. The predicted octanol–water partition coefficient (Wildman–Crippen LogP) is 3.35. The van der Waals surface area contributed by atoms with Crippen LogP contribution >= 0.6 is 0 Å². The summed E-state index contributed by atoms with van der Waals surface area (Å²) in [6.07, 6.45) is 2.05. The Kier molecular flexibility index (Phi) is 5.94. The van der Waals surface area contributed by atoms with Crippen molar-refractivity contribution >= 4 is 10.0 Å². The third-order valence-electron chi connectivity index (χ3n) is 5.74. The lowest BCUT2D eigenvalue weighted by molar-refractivity contribution is 0.247. The van der Waals surface area contributed by atoms with Crippen LogP contribution in [0.25, 0.3) is 11.4 Å². The first-order valence-electron chi connectivity index (χ1n) is 10.4. The smallest absolute Gasteiger partial charge is 0.246 e. The molecule has 0 saturated carbocycles. The van der Waals surface area contributed by atoms with E-state index >= 15 is 0 Å². The molecule has 1 aliphatic heterocycles. The van der Waals surface area contributed by atoms with Crippen LogP contribution in [0.5, 0.6) is 0 Å². The van der Waals surface area contributed by atoms with Gasteiger partial charge in [-0.2, -0.15) is 14.4 Å². The summed E-state index contributed by atoms with van der Waals surface area (Å²) < 4.78 is 49.3. The molecule has 0 aliphatic carbocycles. The molecule has 0 spiro atoms. The van der Waals surface area contributed by atoms with Crippen molar-refractivity contribution in [1.82, 2.24) is 24.2 Å². The molecule has 166 valence electrons. The number of nitrogens with zero attached hydrogens (tertiary/aromatic N) is 5. The Bertz CT molecular complexity index is 1190. The summed E-state index contributed by atoms with van der Waals surface area (Å²) in [7, 11) is -3.65. The highest BCUT2D eigenvalue weighted by Gasteiger charge is 2.34. The zero-order valence-electron chi connectivity index (χ0n) is 17.9. The van der Waals surface area contributed by atoms with Crippen LogP contribution in [-0.2, 0) is 23.0 Å². The summed E-state index contributed by atoms with van der Waals surface area (Å²) in [5, 5.41) is 8.26. The largest absolute Gasteiger partial charge is 0.339 e. The van der Waals surface area contributed by atoms with Gasteiger partial charge in [-0.25, -0.2) is 12.8 Å². The Morgan fingerprint density at radius 2 is 2.03 bits per heavy atom. The van der Waals surface area contributed by atoms with E-state index in [0.29, 0.717) is 48.2 Å². The van der Waals surface area contributed by atoms with Crippen LogP contribution in [0.2, 0.25) is 0 Å². The number of halogens is 1. The number of aromatic nitrogens is 4. The normalized spacial score (nSPS) is 17.9. The average molecular weight is 448 g/mol. The lowest BCUT2D eigenvalue weighted by atomic mass is 9.96. The second-order valence-corrected chi connectivity index (χ2v) is 9.76. The van der Waals surface area contributed by atoms with Crippen LogP contribution in [0.3, 0.4) is 0 Å². The molecule has 3 aromatic rings. The van der Waals surface area contributed by atoms with E-state index < -0.39 is 15.8 Å². The van der Waals surface area contributed by atoms with Gasteiger partial charge in [0.15, 0.2) is 0 Å². The molecule has 0 bridgehead atoms. The van der Waals surface area contributed by atoms with E-state index in [2.05, 4.69) is 15.2 Å². The van der Waals surface area contributed by atoms with Crippen molar-refractivity contribution in [3.05, 3.63) is 47.4 Å². The summed E-state index contributed by atoms with van der Waals surface area (Å²) in [6, 6.07) is 6.26. The molecule has 10 heteroatoms. The molecule has 8 nitrogen and oxygen atoms in total. The molecule has 3 heterocycles. The van der Waals surface area contributed by atoms with E-state index in [1.54, 1.807) is 36.7 Å². The highest BCUT2D eigenvalue weighted by Crippen LogP contribution is 2.29. The van der Waals surface area contributed by atoms with Gasteiger partial charge in [0.1, 0.15) is 10.7 Å². The van der Waals surface area contributed by atoms with Gasteiger partial charge in [0, 0.05) is 26.1 Å². The minimum absolute atomic E-state index is 0.0410. The second kappa shape index (κ2) is 8.51. The van der Waals surface area contributed by atoms with E-state index in [1.807, 2.05) is 6.92 Å². The molecule has 31 heavy (non-hydrogen) atoms. The molecule has 0 radical (unpaired) electrons. The van der Waals surface area contributed by atoms with Gasteiger partial charge >= 0.3 is 0 Å². The van der Waals surface area contributed by atoms with Crippen LogP contribution in [0.4, 0.5) is 4.39 Å². The lowest BCUT2D eigenvalue weighted by Crippen LogP contribution is -2.40. The van der Waals surface area contributed by atoms with E-state index in [9.17, 15) is 12.8 Å². The van der Waals surface area contributed by atoms with Crippen molar-refractivity contribution in [2.45, 2.75) is 51.5 Å². The molecular weight excluding hydrogens is 421 g/mol. The standard InChI is InChI=1S/C21H26FN5O3S/c1-4-27-15(3)20(14(2)24-27)31(28,29)26-11-7-8-16(13-26)12-19-23-21(25-30-19)17-9-5-6-10-18(17)22/h5-6,9-10,16H,4,7-8,11-13H2,1-3H3. The maximum Gasteiger partial charge on any atom is 0.246 e.